The van der Waals surface area contributed by atoms with Crippen LogP contribution in [0.15, 0.2) is 29.2 Å². The van der Waals surface area contributed by atoms with E-state index in [4.69, 9.17) is 4.74 Å². The third kappa shape index (κ3) is 4.79. The first-order valence-electron chi connectivity index (χ1n) is 7.47. The molecule has 0 aliphatic heterocycles. The van der Waals surface area contributed by atoms with Crippen molar-refractivity contribution >= 4 is 16.0 Å². The van der Waals surface area contributed by atoms with E-state index in [1.54, 1.807) is 0 Å². The highest BCUT2D eigenvalue weighted by Crippen LogP contribution is 2.14. The van der Waals surface area contributed by atoms with E-state index in [1.165, 1.54) is 11.7 Å². The minimum atomic E-state index is -3.92. The van der Waals surface area contributed by atoms with E-state index in [0.29, 0.717) is 12.4 Å². The van der Waals surface area contributed by atoms with Crippen LogP contribution in [0.5, 0.6) is 0 Å². The fourth-order valence-electron chi connectivity index (χ4n) is 1.96. The molecule has 0 atom stereocenters. The van der Waals surface area contributed by atoms with Crippen molar-refractivity contribution in [2.45, 2.75) is 31.4 Å². The number of hydrogen-bond donors (Lipinski definition) is 0. The molecule has 0 amide bonds. The molecule has 0 aliphatic rings. The van der Waals surface area contributed by atoms with Gasteiger partial charge in [0.2, 0.25) is 10.0 Å². The summed E-state index contributed by atoms with van der Waals surface area (Å²) >= 11 is 0. The van der Waals surface area contributed by atoms with E-state index in [0.717, 1.165) is 35.0 Å². The number of aromatic nitrogens is 4. The van der Waals surface area contributed by atoms with Crippen LogP contribution in [0.2, 0.25) is 0 Å². The van der Waals surface area contributed by atoms with Gasteiger partial charge in [-0.15, -0.1) is 5.10 Å². The summed E-state index contributed by atoms with van der Waals surface area (Å²) in [6.45, 7) is 1.89. The van der Waals surface area contributed by atoms with Gasteiger partial charge in [-0.05, 0) is 41.1 Å². The van der Waals surface area contributed by atoms with Gasteiger partial charge in [0.05, 0.1) is 4.90 Å². The summed E-state index contributed by atoms with van der Waals surface area (Å²) in [4.78, 5) is 11.8. The number of sulfonamides is 1. The number of ether oxygens (including phenoxy) is 1. The fraction of sp³-hybridized carbons (Fsp3) is 0.429. The largest absolute Gasteiger partial charge is 0.456 e. The number of hydrogen-bond acceptors (Lipinski definition) is 7. The summed E-state index contributed by atoms with van der Waals surface area (Å²) in [6, 6.07) is 4.33. The Morgan fingerprint density at radius 2 is 2.00 bits per heavy atom. The lowest BCUT2D eigenvalue weighted by Gasteiger charge is -2.16. The standard InChI is InChI=1S/C14H18FN5O4S/c1-3-8-20-13(16-17-18-20)10-24-14(21)9-19(2)25(22,23)12-6-4-11(15)5-7-12/h4-7H,3,8-10H2,1-2H3. The second-order valence-electron chi connectivity index (χ2n) is 5.19. The summed E-state index contributed by atoms with van der Waals surface area (Å²) < 4.78 is 44.9. The maximum Gasteiger partial charge on any atom is 0.321 e. The zero-order valence-electron chi connectivity index (χ0n) is 13.8. The summed E-state index contributed by atoms with van der Waals surface area (Å²) in [5.41, 5.74) is 0. The van der Waals surface area contributed by atoms with Crippen molar-refractivity contribution in [2.24, 2.45) is 0 Å². The molecule has 0 aliphatic carbocycles. The van der Waals surface area contributed by atoms with Gasteiger partial charge < -0.3 is 4.74 Å². The monoisotopic (exact) mass is 371 g/mol. The number of esters is 1. The van der Waals surface area contributed by atoms with Crippen LogP contribution in [-0.4, -0.2) is 52.5 Å². The zero-order chi connectivity index (χ0) is 18.4. The lowest BCUT2D eigenvalue weighted by atomic mass is 10.4. The number of rotatable bonds is 8. The topological polar surface area (TPSA) is 107 Å². The molecule has 1 heterocycles. The molecular formula is C14H18FN5O4S. The first-order valence-corrected chi connectivity index (χ1v) is 8.91. The summed E-state index contributed by atoms with van der Waals surface area (Å²) in [5.74, 6) is -0.927. The van der Waals surface area contributed by atoms with Crippen molar-refractivity contribution in [1.82, 2.24) is 24.5 Å². The molecule has 9 nitrogen and oxygen atoms in total. The minimum Gasteiger partial charge on any atom is -0.456 e. The highest BCUT2D eigenvalue weighted by molar-refractivity contribution is 7.89. The van der Waals surface area contributed by atoms with Gasteiger partial charge in [-0.25, -0.2) is 17.5 Å². The Labute approximate surface area is 144 Å². The molecule has 0 saturated carbocycles. The van der Waals surface area contributed by atoms with Gasteiger partial charge in [-0.1, -0.05) is 6.92 Å². The molecule has 11 heteroatoms. The Morgan fingerprint density at radius 3 is 2.64 bits per heavy atom. The first kappa shape index (κ1) is 18.9. The Morgan fingerprint density at radius 1 is 1.32 bits per heavy atom. The fourth-order valence-corrected chi connectivity index (χ4v) is 3.07. The SMILES string of the molecule is CCCn1nnnc1COC(=O)CN(C)S(=O)(=O)c1ccc(F)cc1. The van der Waals surface area contributed by atoms with Crippen LogP contribution in [-0.2, 0) is 32.7 Å². The smallest absolute Gasteiger partial charge is 0.321 e. The van der Waals surface area contributed by atoms with Gasteiger partial charge in [0.1, 0.15) is 12.4 Å². The number of nitrogens with zero attached hydrogens (tertiary/aromatic N) is 5. The summed E-state index contributed by atoms with van der Waals surface area (Å²) in [7, 11) is -2.68. The van der Waals surface area contributed by atoms with E-state index in [2.05, 4.69) is 15.5 Å². The molecule has 0 bridgehead atoms. The van der Waals surface area contributed by atoms with Crippen molar-refractivity contribution in [2.75, 3.05) is 13.6 Å². The van der Waals surface area contributed by atoms with Crippen LogP contribution in [0.3, 0.4) is 0 Å². The molecule has 0 unspecified atom stereocenters. The molecule has 2 rings (SSSR count). The van der Waals surface area contributed by atoms with E-state index in [9.17, 15) is 17.6 Å². The normalized spacial score (nSPS) is 11.7. The van der Waals surface area contributed by atoms with Crippen molar-refractivity contribution in [1.29, 1.82) is 0 Å². The van der Waals surface area contributed by atoms with E-state index < -0.39 is 28.4 Å². The Balaban J connectivity index is 1.95. The number of benzene rings is 1. The predicted molar refractivity (Wildman–Crippen MR) is 84.1 cm³/mol. The molecule has 0 spiro atoms. The third-order valence-electron chi connectivity index (χ3n) is 3.28. The van der Waals surface area contributed by atoms with Crippen LogP contribution < -0.4 is 0 Å². The molecule has 1 aromatic heterocycles. The number of aryl methyl sites for hydroxylation is 1. The van der Waals surface area contributed by atoms with Crippen LogP contribution in [0.25, 0.3) is 0 Å². The Kier molecular flexibility index (Phi) is 6.15. The first-order chi connectivity index (χ1) is 11.8. The van der Waals surface area contributed by atoms with Crippen molar-refractivity contribution in [3.8, 4) is 0 Å². The Hall–Kier alpha value is -2.40. The predicted octanol–water partition coefficient (Wildman–Crippen LogP) is 0.586. The maximum atomic E-state index is 12.9. The number of carbonyl (C=O) groups is 1. The van der Waals surface area contributed by atoms with Gasteiger partial charge in [0.15, 0.2) is 12.4 Å². The third-order valence-corrected chi connectivity index (χ3v) is 5.09. The number of carbonyl (C=O) groups excluding carboxylic acids is 1. The summed E-state index contributed by atoms with van der Waals surface area (Å²) in [5, 5.41) is 11.0. The molecule has 25 heavy (non-hydrogen) atoms. The number of halogens is 1. The van der Waals surface area contributed by atoms with Crippen molar-refractivity contribution < 1.29 is 22.3 Å². The van der Waals surface area contributed by atoms with Crippen molar-refractivity contribution in [3.05, 3.63) is 35.9 Å². The van der Waals surface area contributed by atoms with Gasteiger partial charge >= 0.3 is 5.97 Å². The van der Waals surface area contributed by atoms with Gasteiger partial charge in [-0.3, -0.25) is 4.79 Å². The number of likely N-dealkylation sites (N-methyl/N-ethyl adjacent to an activating group) is 1. The second kappa shape index (κ2) is 8.12. The molecule has 0 saturated heterocycles. The Bertz CT molecular complexity index is 822. The molecular weight excluding hydrogens is 353 g/mol. The summed E-state index contributed by atoms with van der Waals surface area (Å²) in [6.07, 6.45) is 0.810. The molecule has 136 valence electrons. The average Bonchev–Trinajstić information content (AvgIpc) is 3.01. The van der Waals surface area contributed by atoms with E-state index >= 15 is 0 Å². The lowest BCUT2D eigenvalue weighted by Crippen LogP contribution is -2.33. The lowest BCUT2D eigenvalue weighted by molar-refractivity contribution is -0.145. The van der Waals surface area contributed by atoms with Gasteiger partial charge in [0.25, 0.3) is 0 Å². The van der Waals surface area contributed by atoms with E-state index in [1.807, 2.05) is 6.92 Å². The van der Waals surface area contributed by atoms with Crippen molar-refractivity contribution in [3.63, 3.8) is 0 Å². The van der Waals surface area contributed by atoms with Crippen LogP contribution in [0.1, 0.15) is 19.2 Å². The quantitative estimate of drug-likeness (QED) is 0.625. The van der Waals surface area contributed by atoms with Gasteiger partial charge in [-0.2, -0.15) is 4.31 Å². The molecule has 0 N–H and O–H groups in total. The average molecular weight is 371 g/mol. The molecule has 0 fully saturated rings. The molecule has 1 aromatic carbocycles. The van der Waals surface area contributed by atoms with Crippen LogP contribution in [0, 0.1) is 5.82 Å². The van der Waals surface area contributed by atoms with Crippen LogP contribution >= 0.6 is 0 Å². The van der Waals surface area contributed by atoms with Gasteiger partial charge in [0, 0.05) is 13.6 Å². The second-order valence-corrected chi connectivity index (χ2v) is 7.24. The highest BCUT2D eigenvalue weighted by Gasteiger charge is 2.24. The van der Waals surface area contributed by atoms with Crippen LogP contribution in [0.4, 0.5) is 4.39 Å². The number of tetrazole rings is 1. The zero-order valence-corrected chi connectivity index (χ0v) is 14.6. The maximum absolute atomic E-state index is 12.9. The molecule has 0 radical (unpaired) electrons. The minimum absolute atomic E-state index is 0.115. The highest BCUT2D eigenvalue weighted by atomic mass is 32.2. The van der Waals surface area contributed by atoms with E-state index in [-0.39, 0.29) is 11.5 Å². The molecule has 2 aromatic rings.